The summed E-state index contributed by atoms with van der Waals surface area (Å²) in [5, 5.41) is 0. The molecule has 1 heteroatoms. The topological polar surface area (TPSA) is 0 Å². The van der Waals surface area contributed by atoms with Gasteiger partial charge in [-0.1, -0.05) is 123 Å². The van der Waals surface area contributed by atoms with Crippen LogP contribution in [0.1, 0.15) is 128 Å². The van der Waals surface area contributed by atoms with Gasteiger partial charge in [0.2, 0.25) is 0 Å². The van der Waals surface area contributed by atoms with Crippen LogP contribution in [-0.2, 0) is 41.5 Å². The summed E-state index contributed by atoms with van der Waals surface area (Å²) in [5.41, 5.74) is 14.7. The van der Waals surface area contributed by atoms with Crippen molar-refractivity contribution in [1.29, 1.82) is 0 Å². The van der Waals surface area contributed by atoms with Crippen LogP contribution in [0.25, 0.3) is 11.1 Å². The van der Waals surface area contributed by atoms with Crippen molar-refractivity contribution in [2.45, 2.75) is 120 Å². The van der Waals surface area contributed by atoms with Gasteiger partial charge >= 0.3 is 70.3 Å². The van der Waals surface area contributed by atoms with E-state index in [-0.39, 0.29) is 10.8 Å². The second kappa shape index (κ2) is 14.5. The van der Waals surface area contributed by atoms with Gasteiger partial charge in [0.1, 0.15) is 0 Å². The second-order valence-corrected chi connectivity index (χ2v) is 17.6. The molecule has 5 rings (SSSR count). The first-order valence-corrected chi connectivity index (χ1v) is 17.7. The van der Waals surface area contributed by atoms with Crippen LogP contribution in [-0.4, -0.2) is 3.21 Å². The van der Waals surface area contributed by atoms with Crippen LogP contribution in [0, 0.1) is 37.3 Å². The number of rotatable bonds is 3. The van der Waals surface area contributed by atoms with Crippen molar-refractivity contribution < 1.29 is 24.2 Å². The van der Waals surface area contributed by atoms with Gasteiger partial charge in [0.25, 0.3) is 0 Å². The van der Waals surface area contributed by atoms with E-state index in [1.807, 2.05) is 6.07 Å². The Morgan fingerprint density at radius 3 is 1.89 bits per heavy atom. The van der Waals surface area contributed by atoms with Gasteiger partial charge in [0.05, 0.1) is 0 Å². The fourth-order valence-corrected chi connectivity index (χ4v) is 6.57. The molecule has 0 heterocycles. The van der Waals surface area contributed by atoms with Crippen molar-refractivity contribution in [2.75, 3.05) is 0 Å². The maximum absolute atomic E-state index is 3.69. The predicted molar refractivity (Wildman–Crippen MR) is 190 cm³/mol. The van der Waals surface area contributed by atoms with E-state index < -0.39 is 0 Å². The molecule has 1 atom stereocenters. The minimum absolute atomic E-state index is 0.163. The van der Waals surface area contributed by atoms with E-state index in [0.717, 1.165) is 6.42 Å². The molecule has 0 aromatic heterocycles. The average Bonchev–Trinajstić information content (AvgIpc) is 3.52. The van der Waals surface area contributed by atoms with Gasteiger partial charge in [-0.05, 0) is 35.4 Å². The first kappa shape index (κ1) is 36.4. The molecular formula is C43H56Zr. The smallest absolute Gasteiger partial charge is 0.0129 e. The number of hydrogen-bond acceptors (Lipinski definition) is 0. The van der Waals surface area contributed by atoms with Gasteiger partial charge in [0.15, 0.2) is 0 Å². The molecule has 0 saturated carbocycles. The van der Waals surface area contributed by atoms with E-state index in [2.05, 4.69) is 157 Å². The minimum atomic E-state index is 0.163. The zero-order valence-corrected chi connectivity index (χ0v) is 32.4. The Hall–Kier alpha value is -2.11. The van der Waals surface area contributed by atoms with Crippen molar-refractivity contribution in [3.05, 3.63) is 117 Å². The van der Waals surface area contributed by atoms with Crippen molar-refractivity contribution in [1.82, 2.24) is 0 Å². The summed E-state index contributed by atoms with van der Waals surface area (Å²) in [5.74, 6) is 0.587. The molecule has 0 aliphatic heterocycles. The molecule has 0 amide bonds. The second-order valence-electron chi connectivity index (χ2n) is 15.8. The summed E-state index contributed by atoms with van der Waals surface area (Å²) in [6.45, 7) is 29.4. The van der Waals surface area contributed by atoms with Crippen LogP contribution < -0.4 is 0 Å². The third-order valence-corrected chi connectivity index (χ3v) is 9.30. The van der Waals surface area contributed by atoms with Crippen molar-refractivity contribution in [2.24, 2.45) is 11.3 Å². The first-order valence-electron chi connectivity index (χ1n) is 16.5. The molecule has 0 nitrogen and oxygen atoms in total. The normalized spacial score (nSPS) is 15.4. The maximum Gasteiger partial charge on any atom is -0.0129 e. The fourth-order valence-electron chi connectivity index (χ4n) is 6.16. The van der Waals surface area contributed by atoms with Gasteiger partial charge in [-0.3, -0.25) is 6.08 Å². The third-order valence-electron chi connectivity index (χ3n) is 8.59. The molecule has 1 unspecified atom stereocenters. The fraction of sp³-hybridized carbons (Fsp3) is 0.465. The van der Waals surface area contributed by atoms with Crippen LogP contribution >= 0.6 is 0 Å². The van der Waals surface area contributed by atoms with Gasteiger partial charge < -0.3 is 0 Å². The zero-order chi connectivity index (χ0) is 33.0. The summed E-state index contributed by atoms with van der Waals surface area (Å²) in [6.07, 6.45) is 11.5. The van der Waals surface area contributed by atoms with Gasteiger partial charge in [-0.25, -0.2) is 6.08 Å². The van der Waals surface area contributed by atoms with Crippen LogP contribution in [0.15, 0.2) is 66.3 Å². The van der Waals surface area contributed by atoms with Crippen LogP contribution in [0.2, 0.25) is 0 Å². The standard InChI is InChI=1S/C23H29.C12H19.C8H8.Zr/c1-14-9-16-11-17-10-15(2)21(23(6,7)8)13-19(17)18(16)12-20(14)22(3,4)5;1-5-6-10-7-8-11(9-10)12(2,3)4;1-2-8-6-4-3-5-7-8;/h9,12-13H,11H2,1-8H3;8-10H,5-6H2,1-4H3;3-7H,1H3;/q2*-1;;+2. The molecule has 0 bridgehead atoms. The van der Waals surface area contributed by atoms with Crippen molar-refractivity contribution >= 4 is 3.21 Å². The van der Waals surface area contributed by atoms with Crippen molar-refractivity contribution in [3.8, 4) is 11.1 Å². The Balaban J connectivity index is 0.000000210. The molecule has 0 radical (unpaired) electrons. The quantitative estimate of drug-likeness (QED) is 0.191. The van der Waals surface area contributed by atoms with E-state index in [1.54, 1.807) is 0 Å². The summed E-state index contributed by atoms with van der Waals surface area (Å²) < 4.78 is 1.46. The number of allylic oxidation sites excluding steroid dienone is 4. The Labute approximate surface area is 285 Å². The van der Waals surface area contributed by atoms with E-state index in [4.69, 9.17) is 0 Å². The first-order chi connectivity index (χ1) is 20.3. The third kappa shape index (κ3) is 9.45. The van der Waals surface area contributed by atoms with Gasteiger partial charge in [0, 0.05) is 0 Å². The van der Waals surface area contributed by atoms with Crippen molar-refractivity contribution in [3.63, 3.8) is 0 Å². The number of aryl methyl sites for hydroxylation is 2. The van der Waals surface area contributed by atoms with E-state index in [1.165, 1.54) is 95.9 Å². The summed E-state index contributed by atoms with van der Waals surface area (Å²) in [4.78, 5) is 0. The Morgan fingerprint density at radius 2 is 1.41 bits per heavy atom. The summed E-state index contributed by atoms with van der Waals surface area (Å²) in [7, 11) is 0. The van der Waals surface area contributed by atoms with Gasteiger partial charge in [-0.2, -0.15) is 29.3 Å². The largest absolute Gasteiger partial charge is 0.176 e. The predicted octanol–water partition coefficient (Wildman–Crippen LogP) is 11.8. The number of fused-ring (bicyclic) bond motifs is 3. The molecule has 0 saturated heterocycles. The molecule has 3 aromatic carbocycles. The molecular weight excluding hydrogens is 608 g/mol. The Bertz CT molecular complexity index is 1440. The van der Waals surface area contributed by atoms with Crippen LogP contribution in [0.3, 0.4) is 0 Å². The molecule has 232 valence electrons. The molecule has 0 fully saturated rings. The monoisotopic (exact) mass is 662 g/mol. The SMILES string of the molecule is CCCC1[C-]=CC(C(C)(C)C)=C1.C[C](=[Zr+2])c1ccccc1.Cc1[c-]c2c(cc1C(C)(C)C)-c1cc(C(C)(C)C)c(C)cc1C2. The molecule has 3 aromatic rings. The Kier molecular flexibility index (Phi) is 12.0. The molecule has 0 N–H and O–H groups in total. The molecule has 44 heavy (non-hydrogen) atoms. The van der Waals surface area contributed by atoms with Crippen LogP contribution in [0.5, 0.6) is 0 Å². The maximum atomic E-state index is 3.69. The minimum Gasteiger partial charge on any atom is -0.176 e. The summed E-state index contributed by atoms with van der Waals surface area (Å²) in [6, 6.07) is 21.4. The summed E-state index contributed by atoms with van der Waals surface area (Å²) >= 11 is 1.51. The zero-order valence-electron chi connectivity index (χ0n) is 30.0. The molecule has 2 aliphatic carbocycles. The molecule has 2 aliphatic rings. The van der Waals surface area contributed by atoms with E-state index in [9.17, 15) is 0 Å². The van der Waals surface area contributed by atoms with Gasteiger partial charge in [-0.15, -0.1) is 16.7 Å². The molecule has 0 spiro atoms. The Morgan fingerprint density at radius 1 is 0.818 bits per heavy atom. The number of hydrogen-bond donors (Lipinski definition) is 0. The van der Waals surface area contributed by atoms with E-state index >= 15 is 0 Å². The average molecular weight is 664 g/mol. The number of benzene rings is 3. The van der Waals surface area contributed by atoms with E-state index in [0.29, 0.717) is 11.3 Å². The van der Waals surface area contributed by atoms with Crippen LogP contribution in [0.4, 0.5) is 0 Å².